The van der Waals surface area contributed by atoms with Gasteiger partial charge in [-0.2, -0.15) is 0 Å². The molecular weight excluding hydrogens is 246 g/mol. The minimum Gasteiger partial charge on any atom is -0.312 e. The molecule has 1 rings (SSSR count). The molecular formula is C17H37N3. The van der Waals surface area contributed by atoms with Crippen LogP contribution in [0.15, 0.2) is 0 Å². The van der Waals surface area contributed by atoms with Crippen LogP contribution in [0.5, 0.6) is 0 Å². The van der Waals surface area contributed by atoms with Gasteiger partial charge in [0.25, 0.3) is 0 Å². The molecule has 0 bridgehead atoms. The summed E-state index contributed by atoms with van der Waals surface area (Å²) in [5.74, 6) is 0. The summed E-state index contributed by atoms with van der Waals surface area (Å²) in [7, 11) is 0. The van der Waals surface area contributed by atoms with Crippen molar-refractivity contribution in [1.82, 2.24) is 15.1 Å². The van der Waals surface area contributed by atoms with Gasteiger partial charge >= 0.3 is 0 Å². The van der Waals surface area contributed by atoms with Crippen molar-refractivity contribution in [1.29, 1.82) is 0 Å². The summed E-state index contributed by atoms with van der Waals surface area (Å²) >= 11 is 0. The minimum absolute atomic E-state index is 0.273. The number of hydrogen-bond acceptors (Lipinski definition) is 3. The zero-order chi connectivity index (χ0) is 15.0. The lowest BCUT2D eigenvalue weighted by atomic mass is 10.1. The first-order valence-electron chi connectivity index (χ1n) is 8.64. The molecule has 1 atom stereocenters. The van der Waals surface area contributed by atoms with Crippen molar-refractivity contribution >= 4 is 0 Å². The molecule has 1 aliphatic heterocycles. The number of piperazine rings is 1. The van der Waals surface area contributed by atoms with E-state index in [1.165, 1.54) is 58.4 Å². The van der Waals surface area contributed by atoms with Crippen LogP contribution < -0.4 is 5.32 Å². The van der Waals surface area contributed by atoms with E-state index in [1.807, 2.05) is 0 Å². The summed E-state index contributed by atoms with van der Waals surface area (Å²) in [5.41, 5.74) is 0.273. The highest BCUT2D eigenvalue weighted by Gasteiger charge is 2.21. The van der Waals surface area contributed by atoms with E-state index in [-0.39, 0.29) is 5.54 Å². The molecule has 1 heterocycles. The summed E-state index contributed by atoms with van der Waals surface area (Å²) in [6.45, 7) is 18.8. The Balaban J connectivity index is 1.97. The highest BCUT2D eigenvalue weighted by Crippen LogP contribution is 2.10. The third kappa shape index (κ3) is 7.61. The molecule has 1 aliphatic rings. The van der Waals surface area contributed by atoms with Crippen LogP contribution in [0.2, 0.25) is 0 Å². The molecule has 0 spiro atoms. The van der Waals surface area contributed by atoms with E-state index in [4.69, 9.17) is 0 Å². The monoisotopic (exact) mass is 283 g/mol. The van der Waals surface area contributed by atoms with Crippen LogP contribution in [0.4, 0.5) is 0 Å². The molecule has 0 aromatic heterocycles. The quantitative estimate of drug-likeness (QED) is 0.691. The second-order valence-corrected chi connectivity index (χ2v) is 7.37. The fourth-order valence-electron chi connectivity index (χ4n) is 3.02. The second-order valence-electron chi connectivity index (χ2n) is 7.37. The molecule has 1 unspecified atom stereocenters. The van der Waals surface area contributed by atoms with E-state index in [2.05, 4.69) is 49.7 Å². The average molecular weight is 284 g/mol. The lowest BCUT2D eigenvalue weighted by molar-refractivity contribution is 0.0869. The van der Waals surface area contributed by atoms with Gasteiger partial charge in [-0.05, 0) is 60.2 Å². The van der Waals surface area contributed by atoms with E-state index in [0.29, 0.717) is 0 Å². The highest BCUT2D eigenvalue weighted by molar-refractivity contribution is 4.78. The van der Waals surface area contributed by atoms with Crippen molar-refractivity contribution in [3.05, 3.63) is 0 Å². The van der Waals surface area contributed by atoms with Gasteiger partial charge in [0.05, 0.1) is 0 Å². The SMILES string of the molecule is CCN1CCN(CCCCCCNC(C)(C)C)CC1C. The number of likely N-dealkylation sites (N-methyl/N-ethyl adjacent to an activating group) is 1. The van der Waals surface area contributed by atoms with Crippen molar-refractivity contribution in [3.8, 4) is 0 Å². The molecule has 20 heavy (non-hydrogen) atoms. The maximum atomic E-state index is 3.56. The summed E-state index contributed by atoms with van der Waals surface area (Å²) in [6.07, 6.45) is 5.44. The molecule has 1 N–H and O–H groups in total. The Morgan fingerprint density at radius 1 is 1.05 bits per heavy atom. The smallest absolute Gasteiger partial charge is 0.0195 e. The largest absolute Gasteiger partial charge is 0.312 e. The molecule has 3 heteroatoms. The number of rotatable bonds is 8. The number of nitrogens with zero attached hydrogens (tertiary/aromatic N) is 2. The van der Waals surface area contributed by atoms with E-state index in [0.717, 1.165) is 12.6 Å². The lowest BCUT2D eigenvalue weighted by Crippen LogP contribution is -2.51. The highest BCUT2D eigenvalue weighted by atomic mass is 15.3. The van der Waals surface area contributed by atoms with Gasteiger partial charge < -0.3 is 10.2 Å². The van der Waals surface area contributed by atoms with Gasteiger partial charge in [-0.15, -0.1) is 0 Å². The van der Waals surface area contributed by atoms with E-state index >= 15 is 0 Å². The van der Waals surface area contributed by atoms with Gasteiger partial charge in [0.2, 0.25) is 0 Å². The molecule has 0 radical (unpaired) electrons. The van der Waals surface area contributed by atoms with Crippen LogP contribution in [0.3, 0.4) is 0 Å². The number of unbranched alkanes of at least 4 members (excludes halogenated alkanes) is 3. The normalized spacial score (nSPS) is 22.4. The number of nitrogens with one attached hydrogen (secondary N) is 1. The Morgan fingerprint density at radius 3 is 2.35 bits per heavy atom. The first-order chi connectivity index (χ1) is 9.42. The van der Waals surface area contributed by atoms with Crippen LogP contribution in [-0.2, 0) is 0 Å². The summed E-state index contributed by atoms with van der Waals surface area (Å²) < 4.78 is 0. The van der Waals surface area contributed by atoms with Gasteiger partial charge in [-0.3, -0.25) is 4.90 Å². The summed E-state index contributed by atoms with van der Waals surface area (Å²) in [5, 5.41) is 3.56. The molecule has 1 saturated heterocycles. The fraction of sp³-hybridized carbons (Fsp3) is 1.00. The Kier molecular flexibility index (Phi) is 8.08. The molecule has 0 aliphatic carbocycles. The van der Waals surface area contributed by atoms with Crippen molar-refractivity contribution < 1.29 is 0 Å². The Labute approximate surface area is 127 Å². The van der Waals surface area contributed by atoms with Gasteiger partial charge in [0.1, 0.15) is 0 Å². The van der Waals surface area contributed by atoms with Crippen LogP contribution in [0.25, 0.3) is 0 Å². The topological polar surface area (TPSA) is 18.5 Å². The third-order valence-electron chi connectivity index (χ3n) is 4.31. The van der Waals surface area contributed by atoms with Gasteiger partial charge in [0, 0.05) is 31.2 Å². The van der Waals surface area contributed by atoms with Crippen LogP contribution in [-0.4, -0.2) is 60.6 Å². The minimum atomic E-state index is 0.273. The van der Waals surface area contributed by atoms with Gasteiger partial charge in [-0.1, -0.05) is 19.8 Å². The molecule has 0 aromatic rings. The summed E-state index contributed by atoms with van der Waals surface area (Å²) in [4.78, 5) is 5.25. The van der Waals surface area contributed by atoms with E-state index in [1.54, 1.807) is 0 Å². The second kappa shape index (κ2) is 9.01. The Hall–Kier alpha value is -0.120. The zero-order valence-corrected chi connectivity index (χ0v) is 14.5. The number of hydrogen-bond donors (Lipinski definition) is 1. The van der Waals surface area contributed by atoms with Crippen LogP contribution >= 0.6 is 0 Å². The molecule has 0 saturated carbocycles. The molecule has 0 aromatic carbocycles. The zero-order valence-electron chi connectivity index (χ0n) is 14.5. The van der Waals surface area contributed by atoms with Crippen molar-refractivity contribution in [2.24, 2.45) is 0 Å². The molecule has 0 amide bonds. The predicted molar refractivity (Wildman–Crippen MR) is 89.4 cm³/mol. The first-order valence-corrected chi connectivity index (χ1v) is 8.64. The summed E-state index contributed by atoms with van der Waals surface area (Å²) in [6, 6.07) is 0.740. The van der Waals surface area contributed by atoms with Crippen molar-refractivity contribution in [2.45, 2.75) is 71.9 Å². The average Bonchev–Trinajstić information content (AvgIpc) is 2.36. The first kappa shape index (κ1) is 17.9. The standard InChI is InChI=1S/C17H37N3/c1-6-20-14-13-19(15-16(20)2)12-10-8-7-9-11-18-17(3,4)5/h16,18H,6-15H2,1-5H3. The molecule has 1 fully saturated rings. The Bertz CT molecular complexity index is 247. The molecule has 120 valence electrons. The third-order valence-corrected chi connectivity index (χ3v) is 4.31. The van der Waals surface area contributed by atoms with Crippen LogP contribution in [0, 0.1) is 0 Å². The van der Waals surface area contributed by atoms with Gasteiger partial charge in [0.15, 0.2) is 0 Å². The fourth-order valence-corrected chi connectivity index (χ4v) is 3.02. The maximum Gasteiger partial charge on any atom is 0.0195 e. The molecule has 3 nitrogen and oxygen atoms in total. The van der Waals surface area contributed by atoms with E-state index in [9.17, 15) is 0 Å². The Morgan fingerprint density at radius 2 is 1.75 bits per heavy atom. The maximum absolute atomic E-state index is 3.56. The van der Waals surface area contributed by atoms with E-state index < -0.39 is 0 Å². The lowest BCUT2D eigenvalue weighted by Gasteiger charge is -2.39. The van der Waals surface area contributed by atoms with Crippen molar-refractivity contribution in [2.75, 3.05) is 39.3 Å². The van der Waals surface area contributed by atoms with Gasteiger partial charge in [-0.25, -0.2) is 0 Å². The van der Waals surface area contributed by atoms with Crippen molar-refractivity contribution in [3.63, 3.8) is 0 Å². The predicted octanol–water partition coefficient (Wildman–Crippen LogP) is 2.96. The van der Waals surface area contributed by atoms with Crippen LogP contribution in [0.1, 0.15) is 60.3 Å².